The predicted octanol–water partition coefficient (Wildman–Crippen LogP) is 3.57. The number of rotatable bonds is 5. The molecule has 1 aromatic rings. The molecule has 0 spiro atoms. The summed E-state index contributed by atoms with van der Waals surface area (Å²) in [6.07, 6.45) is -1.28. The predicted molar refractivity (Wildman–Crippen MR) is 104 cm³/mol. The molecule has 0 N–H and O–H groups in total. The van der Waals surface area contributed by atoms with Gasteiger partial charge in [-0.05, 0) is 51.5 Å². The van der Waals surface area contributed by atoms with Crippen LogP contribution in [0.1, 0.15) is 34.1 Å². The van der Waals surface area contributed by atoms with E-state index in [2.05, 4.69) is 15.9 Å². The SMILES string of the molecule is CCC(OS(=O)(=O)c1ccc(Br)cc1)C1CN(C(=O)OC(C)(C)C)CCO1. The van der Waals surface area contributed by atoms with E-state index >= 15 is 0 Å². The summed E-state index contributed by atoms with van der Waals surface area (Å²) in [5.41, 5.74) is -0.601. The Morgan fingerprint density at radius 2 is 1.96 bits per heavy atom. The summed E-state index contributed by atoms with van der Waals surface area (Å²) in [7, 11) is -3.94. The maximum absolute atomic E-state index is 12.6. The van der Waals surface area contributed by atoms with Crippen LogP contribution >= 0.6 is 15.9 Å². The lowest BCUT2D eigenvalue weighted by Crippen LogP contribution is -2.51. The summed E-state index contributed by atoms with van der Waals surface area (Å²) in [6, 6.07) is 6.22. The smallest absolute Gasteiger partial charge is 0.410 e. The van der Waals surface area contributed by atoms with Gasteiger partial charge in [0.25, 0.3) is 10.1 Å². The van der Waals surface area contributed by atoms with Gasteiger partial charge in [0.05, 0.1) is 18.0 Å². The highest BCUT2D eigenvalue weighted by atomic mass is 79.9. The fourth-order valence-electron chi connectivity index (χ4n) is 2.61. The number of carbonyl (C=O) groups is 1. The van der Waals surface area contributed by atoms with Crippen molar-refractivity contribution in [2.24, 2.45) is 0 Å². The third-order valence-electron chi connectivity index (χ3n) is 3.91. The Morgan fingerprint density at radius 3 is 2.52 bits per heavy atom. The average molecular weight is 464 g/mol. The number of morpholine rings is 1. The number of nitrogens with zero attached hydrogens (tertiary/aromatic N) is 1. The fourth-order valence-corrected chi connectivity index (χ4v) is 4.04. The highest BCUT2D eigenvalue weighted by Gasteiger charge is 2.35. The van der Waals surface area contributed by atoms with Gasteiger partial charge in [0, 0.05) is 11.0 Å². The van der Waals surface area contributed by atoms with Gasteiger partial charge in [-0.2, -0.15) is 8.42 Å². The topological polar surface area (TPSA) is 82.1 Å². The second-order valence-corrected chi connectivity index (χ2v) is 9.77. The molecule has 2 rings (SSSR count). The largest absolute Gasteiger partial charge is 0.444 e. The zero-order valence-electron chi connectivity index (χ0n) is 16.0. The van der Waals surface area contributed by atoms with Crippen molar-refractivity contribution in [3.05, 3.63) is 28.7 Å². The van der Waals surface area contributed by atoms with Crippen molar-refractivity contribution >= 4 is 32.1 Å². The van der Waals surface area contributed by atoms with Crippen LogP contribution in [-0.2, 0) is 23.8 Å². The van der Waals surface area contributed by atoms with Crippen LogP contribution in [-0.4, -0.2) is 56.9 Å². The van der Waals surface area contributed by atoms with E-state index in [1.165, 1.54) is 17.0 Å². The Morgan fingerprint density at radius 1 is 1.33 bits per heavy atom. The van der Waals surface area contributed by atoms with Gasteiger partial charge in [-0.25, -0.2) is 4.79 Å². The molecule has 2 atom stereocenters. The molecule has 1 heterocycles. The Kier molecular flexibility index (Phi) is 7.29. The van der Waals surface area contributed by atoms with Crippen molar-refractivity contribution < 1.29 is 26.9 Å². The molecule has 1 aromatic carbocycles. The lowest BCUT2D eigenvalue weighted by atomic mass is 10.1. The molecule has 0 aromatic heterocycles. The Hall–Kier alpha value is -1.16. The Labute approximate surface area is 169 Å². The van der Waals surface area contributed by atoms with Crippen LogP contribution in [0.3, 0.4) is 0 Å². The van der Waals surface area contributed by atoms with Gasteiger partial charge in [-0.1, -0.05) is 22.9 Å². The normalized spacial score (nSPS) is 19.6. The number of halogens is 1. The van der Waals surface area contributed by atoms with Crippen LogP contribution in [0.5, 0.6) is 0 Å². The molecule has 2 unspecified atom stereocenters. The van der Waals surface area contributed by atoms with Gasteiger partial charge in [0.2, 0.25) is 0 Å². The average Bonchev–Trinajstić information content (AvgIpc) is 2.59. The summed E-state index contributed by atoms with van der Waals surface area (Å²) >= 11 is 3.28. The quantitative estimate of drug-likeness (QED) is 0.620. The number of ether oxygens (including phenoxy) is 2. The number of amides is 1. The molecule has 27 heavy (non-hydrogen) atoms. The molecule has 1 aliphatic rings. The van der Waals surface area contributed by atoms with Gasteiger partial charge in [0.1, 0.15) is 17.8 Å². The van der Waals surface area contributed by atoms with Crippen LogP contribution in [0.4, 0.5) is 4.79 Å². The van der Waals surface area contributed by atoms with Crippen LogP contribution < -0.4 is 0 Å². The molecular weight excluding hydrogens is 438 g/mol. The minimum atomic E-state index is -3.94. The molecule has 0 radical (unpaired) electrons. The number of carbonyl (C=O) groups excluding carboxylic acids is 1. The molecule has 0 saturated carbocycles. The Bertz CT molecular complexity index is 744. The van der Waals surface area contributed by atoms with Crippen LogP contribution in [0, 0.1) is 0 Å². The van der Waals surface area contributed by atoms with Crippen molar-refractivity contribution in [3.8, 4) is 0 Å². The summed E-state index contributed by atoms with van der Waals surface area (Å²) in [5.74, 6) is 0. The van der Waals surface area contributed by atoms with Gasteiger partial charge >= 0.3 is 6.09 Å². The maximum Gasteiger partial charge on any atom is 0.410 e. The lowest BCUT2D eigenvalue weighted by Gasteiger charge is -2.36. The highest BCUT2D eigenvalue weighted by molar-refractivity contribution is 9.10. The van der Waals surface area contributed by atoms with Crippen LogP contribution in [0.2, 0.25) is 0 Å². The second-order valence-electron chi connectivity index (χ2n) is 7.29. The molecule has 0 aliphatic carbocycles. The second kappa shape index (κ2) is 8.89. The number of hydrogen-bond donors (Lipinski definition) is 0. The van der Waals surface area contributed by atoms with E-state index in [0.29, 0.717) is 19.6 Å². The van der Waals surface area contributed by atoms with E-state index < -0.39 is 34.0 Å². The first-order chi connectivity index (χ1) is 12.5. The third-order valence-corrected chi connectivity index (χ3v) is 5.79. The zero-order valence-corrected chi connectivity index (χ0v) is 18.4. The van der Waals surface area contributed by atoms with Crippen molar-refractivity contribution in [1.82, 2.24) is 4.90 Å². The van der Waals surface area contributed by atoms with Gasteiger partial charge in [-0.15, -0.1) is 0 Å². The molecule has 1 aliphatic heterocycles. The number of hydrogen-bond acceptors (Lipinski definition) is 6. The first kappa shape index (κ1) is 22.1. The standard InChI is InChI=1S/C18H26BrNO6S/c1-5-15(26-27(22,23)14-8-6-13(19)7-9-14)16-12-20(10-11-24-16)17(21)25-18(2,3)4/h6-9,15-16H,5,10-12H2,1-4H3. The lowest BCUT2D eigenvalue weighted by molar-refractivity contribution is -0.0815. The summed E-state index contributed by atoms with van der Waals surface area (Å²) < 4.78 is 42.4. The molecule has 1 saturated heterocycles. The van der Waals surface area contributed by atoms with E-state index in [4.69, 9.17) is 13.7 Å². The third kappa shape index (κ3) is 6.44. The molecular formula is C18H26BrNO6S. The fraction of sp³-hybridized carbons (Fsp3) is 0.611. The van der Waals surface area contributed by atoms with E-state index in [1.807, 2.05) is 6.92 Å². The zero-order chi connectivity index (χ0) is 20.2. The monoisotopic (exact) mass is 463 g/mol. The summed E-state index contributed by atoms with van der Waals surface area (Å²) in [6.45, 7) is 8.10. The van der Waals surface area contributed by atoms with Gasteiger partial charge in [-0.3, -0.25) is 4.18 Å². The highest BCUT2D eigenvalue weighted by Crippen LogP contribution is 2.23. The van der Waals surface area contributed by atoms with Crippen LogP contribution in [0.15, 0.2) is 33.6 Å². The van der Waals surface area contributed by atoms with E-state index in [1.54, 1.807) is 32.9 Å². The first-order valence-corrected chi connectivity index (χ1v) is 11.0. The van der Waals surface area contributed by atoms with Crippen molar-refractivity contribution in [3.63, 3.8) is 0 Å². The Balaban J connectivity index is 2.07. The first-order valence-electron chi connectivity index (χ1n) is 8.80. The van der Waals surface area contributed by atoms with Crippen molar-refractivity contribution in [2.75, 3.05) is 19.7 Å². The molecule has 9 heteroatoms. The van der Waals surface area contributed by atoms with E-state index in [-0.39, 0.29) is 11.4 Å². The molecule has 1 amide bonds. The van der Waals surface area contributed by atoms with Gasteiger partial charge < -0.3 is 14.4 Å². The molecule has 152 valence electrons. The van der Waals surface area contributed by atoms with Crippen molar-refractivity contribution in [2.45, 2.75) is 56.8 Å². The summed E-state index contributed by atoms with van der Waals surface area (Å²) in [5, 5.41) is 0. The van der Waals surface area contributed by atoms with E-state index in [0.717, 1.165) is 4.47 Å². The van der Waals surface area contributed by atoms with Crippen molar-refractivity contribution in [1.29, 1.82) is 0 Å². The number of benzene rings is 1. The van der Waals surface area contributed by atoms with Crippen LogP contribution in [0.25, 0.3) is 0 Å². The molecule has 7 nitrogen and oxygen atoms in total. The minimum Gasteiger partial charge on any atom is -0.444 e. The minimum absolute atomic E-state index is 0.0731. The maximum atomic E-state index is 12.6. The molecule has 1 fully saturated rings. The summed E-state index contributed by atoms with van der Waals surface area (Å²) in [4.78, 5) is 13.9. The van der Waals surface area contributed by atoms with Gasteiger partial charge in [0.15, 0.2) is 0 Å². The molecule has 0 bridgehead atoms. The van der Waals surface area contributed by atoms with E-state index in [9.17, 15) is 13.2 Å².